The van der Waals surface area contributed by atoms with E-state index in [0.29, 0.717) is 5.69 Å². The summed E-state index contributed by atoms with van der Waals surface area (Å²) < 4.78 is 1.08. The molecule has 0 fully saturated rings. The molecule has 9 nitrogen and oxygen atoms in total. The molecule has 2 heterocycles. The molecule has 0 aliphatic carbocycles. The Kier molecular flexibility index (Phi) is 4.78. The number of aromatic amines is 1. The number of rotatable bonds is 3. The van der Waals surface area contributed by atoms with E-state index in [1.54, 1.807) is 12.1 Å². The summed E-state index contributed by atoms with van der Waals surface area (Å²) in [6.07, 6.45) is 0. The van der Waals surface area contributed by atoms with Crippen LogP contribution in [0.15, 0.2) is 58.8 Å². The van der Waals surface area contributed by atoms with Gasteiger partial charge in [0.2, 0.25) is 5.88 Å². The Balaban J connectivity index is 1.85. The fourth-order valence-corrected chi connectivity index (χ4v) is 3.49. The first-order valence-corrected chi connectivity index (χ1v) is 9.34. The minimum absolute atomic E-state index is 0.00489. The monoisotopic (exact) mass is 417 g/mol. The Morgan fingerprint density at radius 2 is 1.68 bits per heavy atom. The van der Waals surface area contributed by atoms with Gasteiger partial charge in [0.15, 0.2) is 11.8 Å². The highest BCUT2D eigenvalue weighted by atomic mass is 16.3. The molecule has 9 heteroatoms. The molecule has 1 amide bonds. The number of amides is 1. The van der Waals surface area contributed by atoms with Crippen LogP contribution in [0.5, 0.6) is 17.6 Å². The van der Waals surface area contributed by atoms with Gasteiger partial charge in [-0.25, -0.2) is 0 Å². The number of nitrogens with zero attached hydrogens (tertiary/aromatic N) is 3. The smallest absolute Gasteiger partial charge is 0.297 e. The standard InChI is InChI=1S/C22H19N5O4/c1-11-6-5-7-12(2)18(11)25-26-21(30)13-8-3-4-9-15(13)27-16(28)10-14-17(19(27)23)22(31)24-20(14)29/h3-10,23-24,28-29,31H,1-2H3. The van der Waals surface area contributed by atoms with Crippen LogP contribution in [0.25, 0.3) is 16.5 Å². The van der Waals surface area contributed by atoms with Crippen LogP contribution in [0, 0.1) is 19.3 Å². The highest BCUT2D eigenvalue weighted by Crippen LogP contribution is 2.33. The third-order valence-corrected chi connectivity index (χ3v) is 5.02. The number of hydrogen-bond acceptors (Lipinski definition) is 6. The molecule has 2 aromatic heterocycles. The number of aryl methyl sites for hydroxylation is 2. The van der Waals surface area contributed by atoms with Crippen LogP contribution in [-0.2, 0) is 0 Å². The molecule has 0 atom stereocenters. The minimum atomic E-state index is -0.661. The van der Waals surface area contributed by atoms with Gasteiger partial charge in [-0.1, -0.05) is 30.3 Å². The predicted octanol–water partition coefficient (Wildman–Crippen LogP) is 4.10. The van der Waals surface area contributed by atoms with Crippen LogP contribution in [0.3, 0.4) is 0 Å². The number of azo groups is 1. The Labute approximate surface area is 176 Å². The summed E-state index contributed by atoms with van der Waals surface area (Å²) in [5.41, 5.74) is 2.30. The normalized spacial score (nSPS) is 11.4. The summed E-state index contributed by atoms with van der Waals surface area (Å²) in [4.78, 5) is 15.2. The number of nitrogens with one attached hydrogen (secondary N) is 2. The lowest BCUT2D eigenvalue weighted by molar-refractivity contribution is 0.0995. The number of carbonyl (C=O) groups is 1. The number of para-hydroxylation sites is 1. The summed E-state index contributed by atoms with van der Waals surface area (Å²) in [6, 6.07) is 13.1. The minimum Gasteiger partial charge on any atom is -0.494 e. The summed E-state index contributed by atoms with van der Waals surface area (Å²) in [7, 11) is 0. The van der Waals surface area contributed by atoms with Gasteiger partial charge < -0.3 is 15.3 Å². The largest absolute Gasteiger partial charge is 0.494 e. The summed E-state index contributed by atoms with van der Waals surface area (Å²) in [5.74, 6) is -1.87. The molecule has 5 N–H and O–H groups in total. The van der Waals surface area contributed by atoms with Crippen molar-refractivity contribution in [2.75, 3.05) is 0 Å². The maximum atomic E-state index is 12.9. The second-order valence-corrected chi connectivity index (χ2v) is 7.06. The molecule has 0 radical (unpaired) electrons. The van der Waals surface area contributed by atoms with Crippen LogP contribution in [0.4, 0.5) is 5.69 Å². The van der Waals surface area contributed by atoms with E-state index in [9.17, 15) is 20.1 Å². The van der Waals surface area contributed by atoms with Crippen molar-refractivity contribution < 1.29 is 20.1 Å². The van der Waals surface area contributed by atoms with E-state index in [2.05, 4.69) is 15.2 Å². The first-order valence-electron chi connectivity index (χ1n) is 9.34. The molecule has 2 aromatic carbocycles. The lowest BCUT2D eigenvalue weighted by atomic mass is 10.1. The van der Waals surface area contributed by atoms with Crippen molar-refractivity contribution in [3.63, 3.8) is 0 Å². The number of aromatic hydroxyl groups is 3. The van der Waals surface area contributed by atoms with Crippen molar-refractivity contribution in [1.82, 2.24) is 9.55 Å². The predicted molar refractivity (Wildman–Crippen MR) is 113 cm³/mol. The summed E-state index contributed by atoms with van der Waals surface area (Å²) >= 11 is 0. The van der Waals surface area contributed by atoms with Gasteiger partial charge in [-0.2, -0.15) is 0 Å². The molecule has 31 heavy (non-hydrogen) atoms. The van der Waals surface area contributed by atoms with Gasteiger partial charge in [0.1, 0.15) is 5.49 Å². The highest BCUT2D eigenvalue weighted by molar-refractivity contribution is 5.99. The summed E-state index contributed by atoms with van der Waals surface area (Å²) in [6.45, 7) is 3.74. The van der Waals surface area contributed by atoms with Crippen LogP contribution in [0.1, 0.15) is 21.5 Å². The zero-order chi connectivity index (χ0) is 22.3. The van der Waals surface area contributed by atoms with Crippen molar-refractivity contribution >= 4 is 22.4 Å². The fourth-order valence-electron chi connectivity index (χ4n) is 3.49. The van der Waals surface area contributed by atoms with Gasteiger partial charge in [-0.3, -0.25) is 19.8 Å². The number of H-pyrrole nitrogens is 1. The molecule has 0 saturated carbocycles. The lowest BCUT2D eigenvalue weighted by Crippen LogP contribution is -2.20. The van der Waals surface area contributed by atoms with E-state index < -0.39 is 17.7 Å². The average Bonchev–Trinajstić information content (AvgIpc) is 3.01. The maximum Gasteiger partial charge on any atom is 0.297 e. The highest BCUT2D eigenvalue weighted by Gasteiger charge is 2.20. The number of benzene rings is 2. The van der Waals surface area contributed by atoms with Crippen molar-refractivity contribution in [3.05, 3.63) is 70.7 Å². The average molecular weight is 417 g/mol. The van der Waals surface area contributed by atoms with Crippen molar-refractivity contribution in [3.8, 4) is 23.3 Å². The van der Waals surface area contributed by atoms with E-state index in [-0.39, 0.29) is 33.4 Å². The van der Waals surface area contributed by atoms with Crippen molar-refractivity contribution in [1.29, 1.82) is 5.41 Å². The van der Waals surface area contributed by atoms with Crippen LogP contribution < -0.4 is 5.49 Å². The maximum absolute atomic E-state index is 12.9. The molecule has 0 bridgehead atoms. The van der Waals surface area contributed by atoms with Gasteiger partial charge in [0.05, 0.1) is 27.7 Å². The SMILES string of the molecule is Cc1cccc(C)c1N=NC(=O)c1ccccc1-n1c(O)cc2c(O)[nH]c(O)c2c1=N. The van der Waals surface area contributed by atoms with Crippen molar-refractivity contribution in [2.24, 2.45) is 10.2 Å². The molecule has 156 valence electrons. The number of pyridine rings is 1. The van der Waals surface area contributed by atoms with Gasteiger partial charge in [-0.05, 0) is 37.1 Å². The second kappa shape index (κ2) is 7.45. The number of carbonyl (C=O) groups excluding carboxylic acids is 1. The van der Waals surface area contributed by atoms with Gasteiger partial charge in [0, 0.05) is 6.07 Å². The Hall–Kier alpha value is -4.40. The molecular weight excluding hydrogens is 398 g/mol. The Morgan fingerprint density at radius 3 is 2.39 bits per heavy atom. The molecule has 4 aromatic rings. The zero-order valence-electron chi connectivity index (χ0n) is 16.7. The fraction of sp³-hybridized carbons (Fsp3) is 0.0909. The van der Waals surface area contributed by atoms with E-state index in [4.69, 9.17) is 5.41 Å². The second-order valence-electron chi connectivity index (χ2n) is 7.06. The number of aromatic nitrogens is 2. The number of hydrogen-bond donors (Lipinski definition) is 5. The Morgan fingerprint density at radius 1 is 1.00 bits per heavy atom. The topological polar surface area (TPSA) is 147 Å². The molecule has 0 spiro atoms. The molecule has 4 rings (SSSR count). The molecular formula is C22H19N5O4. The lowest BCUT2D eigenvalue weighted by Gasteiger charge is -2.13. The van der Waals surface area contributed by atoms with Gasteiger partial charge >= 0.3 is 0 Å². The van der Waals surface area contributed by atoms with E-state index in [1.807, 2.05) is 32.0 Å². The zero-order valence-corrected chi connectivity index (χ0v) is 16.7. The number of fused-ring (bicyclic) bond motifs is 1. The Bertz CT molecular complexity index is 1410. The molecule has 0 aliphatic rings. The van der Waals surface area contributed by atoms with Gasteiger partial charge in [0.25, 0.3) is 5.91 Å². The third-order valence-electron chi connectivity index (χ3n) is 5.02. The van der Waals surface area contributed by atoms with E-state index >= 15 is 0 Å². The summed E-state index contributed by atoms with van der Waals surface area (Å²) in [5, 5.41) is 46.9. The van der Waals surface area contributed by atoms with Gasteiger partial charge in [-0.15, -0.1) is 10.2 Å². The molecule has 0 aliphatic heterocycles. The van der Waals surface area contributed by atoms with E-state index in [0.717, 1.165) is 15.7 Å². The third kappa shape index (κ3) is 3.31. The van der Waals surface area contributed by atoms with Crippen LogP contribution >= 0.6 is 0 Å². The molecule has 0 unspecified atom stereocenters. The first kappa shape index (κ1) is 19.9. The first-order chi connectivity index (χ1) is 14.8. The molecule has 0 saturated heterocycles. The van der Waals surface area contributed by atoms with Crippen LogP contribution in [-0.4, -0.2) is 30.8 Å². The van der Waals surface area contributed by atoms with Crippen LogP contribution in [0.2, 0.25) is 0 Å². The quantitative estimate of drug-likeness (QED) is 0.319. The van der Waals surface area contributed by atoms with E-state index in [1.165, 1.54) is 18.2 Å². The van der Waals surface area contributed by atoms with Crippen molar-refractivity contribution in [2.45, 2.75) is 13.8 Å².